The van der Waals surface area contributed by atoms with Gasteiger partial charge < -0.3 is 24.7 Å². The summed E-state index contributed by atoms with van der Waals surface area (Å²) < 4.78 is 19.2. The van der Waals surface area contributed by atoms with E-state index in [2.05, 4.69) is 53.5 Å². The molecule has 7 rings (SSSR count). The highest BCUT2D eigenvalue weighted by Crippen LogP contribution is 2.65. The number of carbonyl (C=O) groups is 2. The summed E-state index contributed by atoms with van der Waals surface area (Å²) in [5.74, 6) is -0.0860. The molecule has 9 nitrogen and oxygen atoms in total. The van der Waals surface area contributed by atoms with E-state index in [1.807, 2.05) is 18.2 Å². The van der Waals surface area contributed by atoms with E-state index in [4.69, 9.17) is 14.0 Å². The van der Waals surface area contributed by atoms with Crippen LogP contribution < -0.4 is 10.6 Å². The van der Waals surface area contributed by atoms with Gasteiger partial charge in [0.25, 0.3) is 5.91 Å². The Bertz CT molecular complexity index is 1230. The Labute approximate surface area is 242 Å². The van der Waals surface area contributed by atoms with Crippen molar-refractivity contribution >= 4 is 18.9 Å². The van der Waals surface area contributed by atoms with Crippen LogP contribution in [0.1, 0.15) is 75.3 Å². The van der Waals surface area contributed by atoms with Crippen molar-refractivity contribution in [3.8, 4) is 0 Å². The highest BCUT2D eigenvalue weighted by Gasteiger charge is 2.68. The van der Waals surface area contributed by atoms with Crippen molar-refractivity contribution in [2.24, 2.45) is 17.3 Å². The first kappa shape index (κ1) is 28.3. The van der Waals surface area contributed by atoms with Gasteiger partial charge in [0, 0.05) is 12.4 Å². The number of nitrogens with one attached hydrogen (secondary N) is 2. The predicted octanol–water partition coefficient (Wildman–Crippen LogP) is 3.53. The zero-order valence-electron chi connectivity index (χ0n) is 24.3. The van der Waals surface area contributed by atoms with Crippen molar-refractivity contribution < 1.29 is 23.6 Å². The van der Waals surface area contributed by atoms with E-state index in [-0.39, 0.29) is 47.4 Å². The van der Waals surface area contributed by atoms with Gasteiger partial charge in [0.2, 0.25) is 5.91 Å². The van der Waals surface area contributed by atoms with Crippen LogP contribution in [0.15, 0.2) is 48.9 Å². The molecule has 2 aromatic rings. The Morgan fingerprint density at radius 3 is 2.63 bits per heavy atom. The van der Waals surface area contributed by atoms with Crippen LogP contribution in [-0.4, -0.2) is 65.3 Å². The first-order valence-electron chi connectivity index (χ1n) is 15.1. The molecule has 1 unspecified atom stereocenters. The van der Waals surface area contributed by atoms with E-state index in [1.54, 1.807) is 0 Å². The lowest BCUT2D eigenvalue weighted by atomic mass is 9.43. The van der Waals surface area contributed by atoms with E-state index in [9.17, 15) is 9.59 Å². The van der Waals surface area contributed by atoms with Crippen molar-refractivity contribution in [2.45, 2.75) is 95.5 Å². The predicted molar refractivity (Wildman–Crippen MR) is 154 cm³/mol. The van der Waals surface area contributed by atoms with Gasteiger partial charge in [0.05, 0.1) is 36.6 Å². The molecule has 1 aliphatic heterocycles. The largest absolute Gasteiger partial charge is 0.481 e. The Kier molecular flexibility index (Phi) is 7.91. The summed E-state index contributed by atoms with van der Waals surface area (Å²) in [5.41, 5.74) is 1.25. The Morgan fingerprint density at radius 2 is 1.93 bits per heavy atom. The Hall–Kier alpha value is -2.82. The van der Waals surface area contributed by atoms with Crippen molar-refractivity contribution in [3.63, 3.8) is 0 Å². The molecule has 5 fully saturated rings. The molecule has 2 N–H and O–H groups in total. The normalized spacial score (nSPS) is 29.1. The Morgan fingerprint density at radius 1 is 1.12 bits per heavy atom. The van der Waals surface area contributed by atoms with Gasteiger partial charge >= 0.3 is 7.12 Å². The van der Waals surface area contributed by atoms with E-state index < -0.39 is 19.1 Å². The van der Waals surface area contributed by atoms with Crippen LogP contribution in [0.4, 0.5) is 0 Å². The molecule has 41 heavy (non-hydrogen) atoms. The van der Waals surface area contributed by atoms with Crippen LogP contribution >= 0.6 is 0 Å². The van der Waals surface area contributed by atoms with Crippen molar-refractivity contribution in [2.75, 3.05) is 6.61 Å². The summed E-state index contributed by atoms with van der Waals surface area (Å²) >= 11 is 0. The third kappa shape index (κ3) is 5.92. The molecule has 1 aromatic heterocycles. The molecule has 2 bridgehead atoms. The van der Waals surface area contributed by atoms with Gasteiger partial charge in [-0.3, -0.25) is 14.6 Å². The fourth-order valence-electron chi connectivity index (χ4n) is 7.10. The quantitative estimate of drug-likeness (QED) is 0.382. The average molecular weight is 561 g/mol. The van der Waals surface area contributed by atoms with Crippen molar-refractivity contribution in [1.29, 1.82) is 0 Å². The molecule has 2 amide bonds. The minimum atomic E-state index is -0.882. The second-order valence-electron chi connectivity index (χ2n) is 13.0. The number of ether oxygens (including phenoxy) is 1. The lowest BCUT2D eigenvalue weighted by molar-refractivity contribution is -0.199. The molecule has 4 aliphatic carbocycles. The minimum Gasteiger partial charge on any atom is -0.404 e. The van der Waals surface area contributed by atoms with Crippen LogP contribution in [0.3, 0.4) is 0 Å². The van der Waals surface area contributed by atoms with Crippen molar-refractivity contribution in [3.05, 3.63) is 60.2 Å². The van der Waals surface area contributed by atoms with Crippen LogP contribution in [0, 0.1) is 17.3 Å². The molecule has 6 atom stereocenters. The number of nitrogens with zero attached hydrogens (tertiary/aromatic N) is 2. The molecule has 0 spiro atoms. The van der Waals surface area contributed by atoms with E-state index in [1.165, 1.54) is 24.2 Å². The summed E-state index contributed by atoms with van der Waals surface area (Å²) in [5, 5.41) is 6.02. The summed E-state index contributed by atoms with van der Waals surface area (Å²) in [6.45, 7) is 6.96. The number of carbonyl (C=O) groups excluding carboxylic acids is 2. The number of amides is 2. The topological polar surface area (TPSA) is 112 Å². The lowest BCUT2D eigenvalue weighted by Crippen LogP contribution is -2.65. The molecular weight excluding hydrogens is 519 g/mol. The zero-order chi connectivity index (χ0) is 28.6. The standard InChI is InChI=1S/C31H41BN4O5/c1-30(2)21-16-25(30)31(3)26(17-21)40-32(41-31)27(11-7-10-20-8-5-4-6-9-20)36-29(38)24(19-39-22-12-13-22)35-28(37)23-18-33-14-15-34-23/h4-6,8-9,14-15,18,21-22,24-27H,7,10-13,16-17,19H2,1-3H3,(H,35,37)(H,36,38)/t21-,24?,25-,26+,27-,31-/m0/s1. The van der Waals surface area contributed by atoms with E-state index in [0.29, 0.717) is 18.3 Å². The third-order valence-electron chi connectivity index (χ3n) is 9.89. The van der Waals surface area contributed by atoms with Crippen LogP contribution in [-0.2, 0) is 25.3 Å². The van der Waals surface area contributed by atoms with E-state index in [0.717, 1.165) is 38.5 Å². The van der Waals surface area contributed by atoms with Gasteiger partial charge in [-0.15, -0.1) is 0 Å². The first-order chi connectivity index (χ1) is 19.7. The highest BCUT2D eigenvalue weighted by atomic mass is 16.7. The lowest BCUT2D eigenvalue weighted by Gasteiger charge is -2.64. The zero-order valence-corrected chi connectivity index (χ0v) is 24.3. The number of hydrogen-bond donors (Lipinski definition) is 2. The van der Waals surface area contributed by atoms with E-state index >= 15 is 0 Å². The molecule has 4 saturated carbocycles. The maximum Gasteiger partial charge on any atom is 0.481 e. The number of benzene rings is 1. The molecule has 2 heterocycles. The summed E-state index contributed by atoms with van der Waals surface area (Å²) in [6, 6.07) is 9.46. The number of aryl methyl sites for hydroxylation is 1. The molecule has 218 valence electrons. The Balaban J connectivity index is 1.17. The summed E-state index contributed by atoms with van der Waals surface area (Å²) in [7, 11) is -0.555. The number of hydrogen-bond acceptors (Lipinski definition) is 7. The second-order valence-corrected chi connectivity index (χ2v) is 13.0. The van der Waals surface area contributed by atoms with Crippen LogP contribution in [0.2, 0.25) is 0 Å². The van der Waals surface area contributed by atoms with Gasteiger partial charge in [-0.05, 0) is 74.7 Å². The third-order valence-corrected chi connectivity index (χ3v) is 9.89. The van der Waals surface area contributed by atoms with Gasteiger partial charge in [0.15, 0.2) is 0 Å². The first-order valence-corrected chi connectivity index (χ1v) is 15.1. The highest BCUT2D eigenvalue weighted by molar-refractivity contribution is 6.47. The summed E-state index contributed by atoms with van der Waals surface area (Å²) in [4.78, 5) is 34.7. The summed E-state index contributed by atoms with van der Waals surface area (Å²) in [6.07, 6.45) is 11.0. The fourth-order valence-corrected chi connectivity index (χ4v) is 7.10. The molecule has 1 aromatic carbocycles. The molecular formula is C31H41BN4O5. The molecule has 10 heteroatoms. The van der Waals surface area contributed by atoms with Gasteiger partial charge in [-0.2, -0.15) is 0 Å². The minimum absolute atomic E-state index is 0.0168. The van der Waals surface area contributed by atoms with Gasteiger partial charge in [-0.1, -0.05) is 44.2 Å². The number of aromatic nitrogens is 2. The fraction of sp³-hybridized carbons (Fsp3) is 0.613. The smallest absolute Gasteiger partial charge is 0.404 e. The maximum atomic E-state index is 13.8. The maximum absolute atomic E-state index is 13.8. The van der Waals surface area contributed by atoms with Crippen LogP contribution in [0.5, 0.6) is 0 Å². The SMILES string of the molecule is CC1(C)[C@@H]2C[C@H]3OB([C@H](CCCc4ccccc4)NC(=O)C(COC4CC4)NC(=O)c4cnccn4)O[C@@]3(C)[C@H]1C2. The number of rotatable bonds is 12. The molecule has 1 saturated heterocycles. The second kappa shape index (κ2) is 11.5. The molecule has 5 aliphatic rings. The van der Waals surface area contributed by atoms with Gasteiger partial charge in [-0.25, -0.2) is 4.98 Å². The average Bonchev–Trinajstić information content (AvgIpc) is 3.73. The van der Waals surface area contributed by atoms with Crippen molar-refractivity contribution in [1.82, 2.24) is 20.6 Å². The monoisotopic (exact) mass is 560 g/mol. The van der Waals surface area contributed by atoms with Crippen LogP contribution in [0.25, 0.3) is 0 Å². The molecule has 0 radical (unpaired) electrons. The van der Waals surface area contributed by atoms with Gasteiger partial charge in [0.1, 0.15) is 11.7 Å².